The average Bonchev–Trinajstić information content (AvgIpc) is 3.33. The summed E-state index contributed by atoms with van der Waals surface area (Å²) in [6.07, 6.45) is 10.8. The topological polar surface area (TPSA) is 49.4 Å². The molecule has 3 fully saturated rings. The molecule has 2 aromatic rings. The molecule has 1 unspecified atom stereocenters. The Bertz CT molecular complexity index is 1270. The Morgan fingerprint density at radius 1 is 0.927 bits per heavy atom. The Morgan fingerprint density at radius 2 is 1.61 bits per heavy atom. The van der Waals surface area contributed by atoms with Gasteiger partial charge in [0.1, 0.15) is 11.9 Å². The van der Waals surface area contributed by atoms with Gasteiger partial charge in [-0.15, -0.1) is 0 Å². The molecule has 6 rings (SSSR count). The first-order valence-electron chi connectivity index (χ1n) is 16.0. The van der Waals surface area contributed by atoms with E-state index in [0.29, 0.717) is 28.7 Å². The highest BCUT2D eigenvalue weighted by molar-refractivity contribution is 7.91. The predicted molar refractivity (Wildman–Crippen MR) is 167 cm³/mol. The Labute approximate surface area is 250 Å². The highest BCUT2D eigenvalue weighted by Crippen LogP contribution is 2.69. The second-order valence-electron chi connectivity index (χ2n) is 14.7. The van der Waals surface area contributed by atoms with Crippen molar-refractivity contribution in [3.05, 3.63) is 77.9 Å². The first-order valence-corrected chi connectivity index (χ1v) is 17.3. The van der Waals surface area contributed by atoms with Gasteiger partial charge in [-0.25, -0.2) is 4.79 Å². The maximum Gasteiger partial charge on any atom is 0.338 e. The predicted octanol–water partition coefficient (Wildman–Crippen LogP) is 8.87. The molecule has 0 amide bonds. The molecule has 3 saturated carbocycles. The van der Waals surface area contributed by atoms with Crippen LogP contribution < -0.4 is 0 Å². The summed E-state index contributed by atoms with van der Waals surface area (Å²) in [7, 11) is 0. The van der Waals surface area contributed by atoms with Gasteiger partial charge in [0.2, 0.25) is 0 Å². The third-order valence-electron chi connectivity index (χ3n) is 12.3. The molecule has 0 radical (unpaired) electrons. The summed E-state index contributed by atoms with van der Waals surface area (Å²) in [6, 6.07) is 19.5. The molecular formula is C37H48O3S. The Balaban J connectivity index is 1.19. The molecule has 0 bridgehead atoms. The lowest BCUT2D eigenvalue weighted by Crippen LogP contribution is -2.55. The fourth-order valence-electron chi connectivity index (χ4n) is 10.4. The van der Waals surface area contributed by atoms with E-state index in [9.17, 15) is 9.35 Å². The maximum atomic E-state index is 13.2. The summed E-state index contributed by atoms with van der Waals surface area (Å²) in [5, 5.41) is 0. The molecule has 0 heterocycles. The average molecular weight is 573 g/mol. The molecule has 0 saturated heterocycles. The summed E-state index contributed by atoms with van der Waals surface area (Å²) < 4.78 is 19.4. The number of fused-ring (bicyclic) bond motifs is 5. The fourth-order valence-corrected chi connectivity index (χ4v) is 11.7. The van der Waals surface area contributed by atoms with Crippen molar-refractivity contribution in [3.8, 4) is 0 Å². The van der Waals surface area contributed by atoms with Crippen LogP contribution in [0.15, 0.2) is 77.2 Å². The molecule has 0 aliphatic heterocycles. The van der Waals surface area contributed by atoms with Gasteiger partial charge in [0.05, 0.1) is 5.56 Å². The van der Waals surface area contributed by atoms with E-state index in [1.807, 2.05) is 60.7 Å². The molecule has 4 aliphatic carbocycles. The molecule has 4 heteroatoms. The van der Waals surface area contributed by atoms with Gasteiger partial charge in [-0.1, -0.05) is 82.7 Å². The molecular weight excluding hydrogens is 524 g/mol. The summed E-state index contributed by atoms with van der Waals surface area (Å²) in [6.45, 7) is 12.1. The van der Waals surface area contributed by atoms with Crippen molar-refractivity contribution in [2.75, 3.05) is 5.75 Å². The number of rotatable bonds is 6. The lowest BCUT2D eigenvalue weighted by molar-refractivity contribution is -0.0818. The van der Waals surface area contributed by atoms with Crippen molar-refractivity contribution in [1.29, 1.82) is 0 Å². The van der Waals surface area contributed by atoms with Gasteiger partial charge >= 0.3 is 5.97 Å². The van der Waals surface area contributed by atoms with Gasteiger partial charge in [-0.3, -0.25) is 0 Å². The van der Waals surface area contributed by atoms with E-state index in [4.69, 9.17) is 4.74 Å². The van der Waals surface area contributed by atoms with Gasteiger partial charge in [-0.2, -0.15) is 0 Å². The van der Waals surface area contributed by atoms with E-state index in [1.165, 1.54) is 31.3 Å². The highest BCUT2D eigenvalue weighted by Gasteiger charge is 2.61. The summed E-state index contributed by atoms with van der Waals surface area (Å²) >= 11 is -0.935. The number of benzene rings is 2. The van der Waals surface area contributed by atoms with E-state index in [2.05, 4.69) is 40.7 Å². The zero-order chi connectivity index (χ0) is 29.0. The summed E-state index contributed by atoms with van der Waals surface area (Å²) in [5.74, 6) is 3.83. The standard InChI is InChI=1S/C37H48O3S/c1-25(24-41(39)27-14-10-7-11-15-27)29-17-18-30-28-16-19-32-35(2,3)33(40-34(38)26-12-8-6-9-13-26)21-23-37(32,5)31(28)20-22-36(29,30)4/h6-15,19,25,28-31,33H,16-18,20-24H2,1-5H3/t25-,28+,29-,30+,31+,33+,36-,37-,41?/m1/s1. The number of hydrogen-bond acceptors (Lipinski definition) is 3. The van der Waals surface area contributed by atoms with E-state index in [-0.39, 0.29) is 22.9 Å². The van der Waals surface area contributed by atoms with Gasteiger partial charge in [0, 0.05) is 11.3 Å². The van der Waals surface area contributed by atoms with E-state index < -0.39 is 11.2 Å². The van der Waals surface area contributed by atoms with Crippen LogP contribution in [-0.2, 0) is 15.9 Å². The van der Waals surface area contributed by atoms with Crippen LogP contribution in [0.2, 0.25) is 0 Å². The fraction of sp³-hybridized carbons (Fsp3) is 0.595. The van der Waals surface area contributed by atoms with Crippen LogP contribution >= 0.6 is 0 Å². The number of hydrogen-bond donors (Lipinski definition) is 0. The minimum absolute atomic E-state index is 0.0952. The summed E-state index contributed by atoms with van der Waals surface area (Å²) in [4.78, 5) is 14.0. The minimum Gasteiger partial charge on any atom is -0.611 e. The second-order valence-corrected chi connectivity index (χ2v) is 16.2. The number of esters is 1. The molecule has 4 aliphatic rings. The first kappa shape index (κ1) is 29.1. The molecule has 41 heavy (non-hydrogen) atoms. The molecule has 2 aromatic carbocycles. The lowest BCUT2D eigenvalue weighted by atomic mass is 9.44. The zero-order valence-electron chi connectivity index (χ0n) is 25.6. The maximum absolute atomic E-state index is 13.2. The first-order chi connectivity index (χ1) is 19.6. The smallest absolute Gasteiger partial charge is 0.338 e. The van der Waals surface area contributed by atoms with Gasteiger partial charge in [0.25, 0.3) is 0 Å². The monoisotopic (exact) mass is 572 g/mol. The third-order valence-corrected chi connectivity index (χ3v) is 14.0. The Hall–Kier alpha value is -2.04. The van der Waals surface area contributed by atoms with E-state index >= 15 is 0 Å². The zero-order valence-corrected chi connectivity index (χ0v) is 26.4. The minimum atomic E-state index is -0.935. The van der Waals surface area contributed by atoms with Crippen LogP contribution in [0.1, 0.15) is 89.9 Å². The molecule has 9 atom stereocenters. The van der Waals surface area contributed by atoms with Crippen LogP contribution in [0.3, 0.4) is 0 Å². The molecule has 0 spiro atoms. The van der Waals surface area contributed by atoms with Crippen molar-refractivity contribution >= 4 is 17.1 Å². The number of ether oxygens (including phenoxy) is 1. The van der Waals surface area contributed by atoms with Crippen LogP contribution in [-0.4, -0.2) is 22.4 Å². The van der Waals surface area contributed by atoms with E-state index in [1.54, 1.807) is 0 Å². The number of allylic oxidation sites excluding steroid dienone is 1. The molecule has 0 N–H and O–H groups in total. The quantitative estimate of drug-likeness (QED) is 0.197. The van der Waals surface area contributed by atoms with Crippen molar-refractivity contribution < 1.29 is 14.1 Å². The normalized spacial score (nSPS) is 37.1. The van der Waals surface area contributed by atoms with Gasteiger partial charge in [-0.05, 0) is 115 Å². The summed E-state index contributed by atoms with van der Waals surface area (Å²) in [5.41, 5.74) is 2.51. The van der Waals surface area contributed by atoms with Crippen LogP contribution in [0.5, 0.6) is 0 Å². The van der Waals surface area contributed by atoms with Crippen LogP contribution in [0, 0.1) is 45.8 Å². The van der Waals surface area contributed by atoms with Gasteiger partial charge in [0.15, 0.2) is 4.90 Å². The van der Waals surface area contributed by atoms with Crippen LogP contribution in [0.25, 0.3) is 0 Å². The van der Waals surface area contributed by atoms with Crippen molar-refractivity contribution in [2.45, 2.75) is 90.6 Å². The molecule has 3 nitrogen and oxygen atoms in total. The third kappa shape index (κ3) is 4.91. The SMILES string of the molecule is C[C@H](C[S+]([O-])c1ccccc1)[C@H]1CC[C@H]2[C@@H]3CC=C4C(C)(C)[C@@H](OC(=O)c5ccccc5)CC[C@]4(C)[C@H]3CC[C@]12C. The Kier molecular flexibility index (Phi) is 7.73. The second kappa shape index (κ2) is 10.9. The lowest BCUT2D eigenvalue weighted by Gasteiger charge is -2.61. The molecule has 220 valence electrons. The Morgan fingerprint density at radius 3 is 2.32 bits per heavy atom. The van der Waals surface area contributed by atoms with Crippen molar-refractivity contribution in [3.63, 3.8) is 0 Å². The molecule has 0 aromatic heterocycles. The van der Waals surface area contributed by atoms with Crippen LogP contribution in [0.4, 0.5) is 0 Å². The van der Waals surface area contributed by atoms with Crippen molar-refractivity contribution in [2.24, 2.45) is 45.8 Å². The highest BCUT2D eigenvalue weighted by atomic mass is 32.2. The van der Waals surface area contributed by atoms with E-state index in [0.717, 1.165) is 41.7 Å². The number of carbonyl (C=O) groups is 1. The van der Waals surface area contributed by atoms with Crippen molar-refractivity contribution in [1.82, 2.24) is 0 Å². The largest absolute Gasteiger partial charge is 0.611 e. The number of carbonyl (C=O) groups excluding carboxylic acids is 1. The van der Waals surface area contributed by atoms with Gasteiger partial charge < -0.3 is 9.29 Å².